The lowest BCUT2D eigenvalue weighted by Crippen LogP contribution is -2.38. The maximum Gasteiger partial charge on any atom is 0.252 e. The third-order valence-electron chi connectivity index (χ3n) is 5.55. The Labute approximate surface area is 183 Å². The number of carbonyl (C=O) groups is 1. The summed E-state index contributed by atoms with van der Waals surface area (Å²) < 4.78 is 8.03. The molecule has 4 rings (SSSR count). The standard InChI is InChI=1S/C24H31N5O2/c1-4-29-15-18(13-26-29)14-28-9-10-31-23(16-28)22-11-20(24(30)25-12-17(2)3)19-7-5-6-8-21(19)27-22/h5-8,11,13,15,17,23H,4,9-10,12,14,16H2,1-3H3,(H,25,30)/t23-/m0/s1. The molecule has 0 unspecified atom stereocenters. The highest BCUT2D eigenvalue weighted by Crippen LogP contribution is 2.26. The van der Waals surface area contributed by atoms with E-state index in [9.17, 15) is 4.79 Å². The lowest BCUT2D eigenvalue weighted by Gasteiger charge is -2.32. The van der Waals surface area contributed by atoms with Crippen LogP contribution in [0.1, 0.15) is 48.5 Å². The summed E-state index contributed by atoms with van der Waals surface area (Å²) in [6.07, 6.45) is 3.85. The second kappa shape index (κ2) is 9.58. The van der Waals surface area contributed by atoms with E-state index < -0.39 is 0 Å². The number of aromatic nitrogens is 3. The van der Waals surface area contributed by atoms with E-state index >= 15 is 0 Å². The third-order valence-corrected chi connectivity index (χ3v) is 5.55. The Morgan fingerprint density at radius 2 is 2.16 bits per heavy atom. The molecule has 1 aliphatic rings. The van der Waals surface area contributed by atoms with Crippen LogP contribution in [0.2, 0.25) is 0 Å². The van der Waals surface area contributed by atoms with E-state index in [1.807, 2.05) is 41.2 Å². The normalized spacial score (nSPS) is 17.4. The first kappa shape index (κ1) is 21.5. The van der Waals surface area contributed by atoms with Crippen LogP contribution in [0, 0.1) is 5.92 Å². The molecule has 0 aliphatic carbocycles. The topological polar surface area (TPSA) is 72.3 Å². The fourth-order valence-corrected chi connectivity index (χ4v) is 3.88. The molecule has 0 saturated carbocycles. The molecule has 1 fully saturated rings. The number of nitrogens with one attached hydrogen (secondary N) is 1. The minimum atomic E-state index is -0.170. The first-order chi connectivity index (χ1) is 15.0. The van der Waals surface area contributed by atoms with Crippen LogP contribution in [0.3, 0.4) is 0 Å². The molecule has 2 aromatic heterocycles. The van der Waals surface area contributed by atoms with E-state index in [1.54, 1.807) is 0 Å². The zero-order valence-electron chi connectivity index (χ0n) is 18.5. The number of carbonyl (C=O) groups excluding carboxylic acids is 1. The second-order valence-electron chi connectivity index (χ2n) is 8.51. The summed E-state index contributed by atoms with van der Waals surface area (Å²) in [5.74, 6) is 0.331. The Balaban J connectivity index is 1.57. The van der Waals surface area contributed by atoms with Crippen molar-refractivity contribution in [3.05, 3.63) is 59.5 Å². The van der Waals surface area contributed by atoms with E-state index in [-0.39, 0.29) is 12.0 Å². The van der Waals surface area contributed by atoms with Crippen LogP contribution in [0.15, 0.2) is 42.7 Å². The van der Waals surface area contributed by atoms with Gasteiger partial charge in [0, 0.05) is 49.9 Å². The van der Waals surface area contributed by atoms with Gasteiger partial charge in [0.2, 0.25) is 0 Å². The summed E-state index contributed by atoms with van der Waals surface area (Å²) in [7, 11) is 0. The summed E-state index contributed by atoms with van der Waals surface area (Å²) in [5.41, 5.74) is 3.48. The van der Waals surface area contributed by atoms with Crippen LogP contribution in [0.4, 0.5) is 0 Å². The molecular weight excluding hydrogens is 390 g/mol. The van der Waals surface area contributed by atoms with Crippen molar-refractivity contribution in [2.24, 2.45) is 5.92 Å². The highest BCUT2D eigenvalue weighted by molar-refractivity contribution is 6.06. The smallest absolute Gasteiger partial charge is 0.252 e. The van der Waals surface area contributed by atoms with Gasteiger partial charge in [-0.3, -0.25) is 14.4 Å². The van der Waals surface area contributed by atoms with Crippen molar-refractivity contribution in [3.63, 3.8) is 0 Å². The number of ether oxygens (including phenoxy) is 1. The average Bonchev–Trinajstić information content (AvgIpc) is 3.24. The van der Waals surface area contributed by atoms with E-state index in [0.29, 0.717) is 24.6 Å². The maximum atomic E-state index is 12.9. The van der Waals surface area contributed by atoms with Crippen LogP contribution in [0.5, 0.6) is 0 Å². The minimum Gasteiger partial charge on any atom is -0.369 e. The largest absolute Gasteiger partial charge is 0.369 e. The fraction of sp³-hybridized carbons (Fsp3) is 0.458. The quantitative estimate of drug-likeness (QED) is 0.633. The van der Waals surface area contributed by atoms with Crippen molar-refractivity contribution in [2.45, 2.75) is 40.0 Å². The summed E-state index contributed by atoms with van der Waals surface area (Å²) in [5, 5.41) is 8.28. The van der Waals surface area contributed by atoms with Gasteiger partial charge >= 0.3 is 0 Å². The molecule has 1 amide bonds. The highest BCUT2D eigenvalue weighted by Gasteiger charge is 2.25. The number of rotatable bonds is 7. The molecule has 1 N–H and O–H groups in total. The van der Waals surface area contributed by atoms with Gasteiger partial charge in [-0.2, -0.15) is 5.10 Å². The van der Waals surface area contributed by atoms with Crippen LogP contribution in [-0.2, 0) is 17.8 Å². The zero-order valence-corrected chi connectivity index (χ0v) is 18.5. The number of hydrogen-bond donors (Lipinski definition) is 1. The molecule has 3 aromatic rings. The number of hydrogen-bond acceptors (Lipinski definition) is 5. The zero-order chi connectivity index (χ0) is 21.8. The van der Waals surface area contributed by atoms with E-state index in [1.165, 1.54) is 5.56 Å². The van der Waals surface area contributed by atoms with Gasteiger partial charge in [-0.05, 0) is 25.0 Å². The Bertz CT molecular complexity index is 1050. The van der Waals surface area contributed by atoms with Gasteiger partial charge in [0.05, 0.1) is 29.6 Å². The van der Waals surface area contributed by atoms with E-state index in [2.05, 4.69) is 42.3 Å². The number of fused-ring (bicyclic) bond motifs is 1. The summed E-state index contributed by atoms with van der Waals surface area (Å²) in [4.78, 5) is 20.1. The predicted octanol–water partition coefficient (Wildman–Crippen LogP) is 3.41. The van der Waals surface area contributed by atoms with Gasteiger partial charge in [0.15, 0.2) is 0 Å². The average molecular weight is 422 g/mol. The highest BCUT2D eigenvalue weighted by atomic mass is 16.5. The molecule has 0 radical (unpaired) electrons. The Hall–Kier alpha value is -2.77. The van der Waals surface area contributed by atoms with Gasteiger partial charge in [-0.1, -0.05) is 32.0 Å². The second-order valence-corrected chi connectivity index (χ2v) is 8.51. The number of nitrogens with zero attached hydrogens (tertiary/aromatic N) is 4. The van der Waals surface area contributed by atoms with Gasteiger partial charge in [-0.25, -0.2) is 4.98 Å². The molecule has 0 bridgehead atoms. The number of pyridine rings is 1. The number of morpholine rings is 1. The van der Waals surface area contributed by atoms with Crippen molar-refractivity contribution in [2.75, 3.05) is 26.2 Å². The lowest BCUT2D eigenvalue weighted by molar-refractivity contribution is -0.0348. The van der Waals surface area contributed by atoms with Crippen LogP contribution < -0.4 is 5.32 Å². The molecule has 164 valence electrons. The monoisotopic (exact) mass is 421 g/mol. The van der Waals surface area contributed by atoms with Gasteiger partial charge < -0.3 is 10.1 Å². The minimum absolute atomic E-state index is 0.0619. The molecule has 1 saturated heterocycles. The molecule has 1 aliphatic heterocycles. The molecule has 7 heteroatoms. The Morgan fingerprint density at radius 3 is 2.94 bits per heavy atom. The van der Waals surface area contributed by atoms with Crippen molar-refractivity contribution >= 4 is 16.8 Å². The van der Waals surface area contributed by atoms with Crippen LogP contribution >= 0.6 is 0 Å². The Morgan fingerprint density at radius 1 is 1.32 bits per heavy atom. The van der Waals surface area contributed by atoms with Crippen LogP contribution in [-0.4, -0.2) is 51.8 Å². The molecular formula is C24H31N5O2. The number of aryl methyl sites for hydroxylation is 1. The summed E-state index contributed by atoms with van der Waals surface area (Å²) in [6.45, 7) is 10.8. The van der Waals surface area contributed by atoms with E-state index in [0.717, 1.165) is 42.8 Å². The lowest BCUT2D eigenvalue weighted by atomic mass is 10.0. The van der Waals surface area contributed by atoms with Crippen molar-refractivity contribution in [3.8, 4) is 0 Å². The SMILES string of the molecule is CCn1cc(CN2CCO[C@H](c3cc(C(=O)NCC(C)C)c4ccccc4n3)C2)cn1. The number of amides is 1. The summed E-state index contributed by atoms with van der Waals surface area (Å²) in [6, 6.07) is 9.71. The first-order valence-electron chi connectivity index (χ1n) is 11.1. The number of benzene rings is 1. The van der Waals surface area contributed by atoms with Gasteiger partial charge in [0.1, 0.15) is 6.10 Å². The molecule has 1 atom stereocenters. The first-order valence-corrected chi connectivity index (χ1v) is 11.1. The van der Waals surface area contributed by atoms with Gasteiger partial charge in [-0.15, -0.1) is 0 Å². The molecule has 3 heterocycles. The summed E-state index contributed by atoms with van der Waals surface area (Å²) >= 11 is 0. The van der Waals surface area contributed by atoms with Crippen LogP contribution in [0.25, 0.3) is 10.9 Å². The number of para-hydroxylation sites is 1. The Kier molecular flexibility index (Phi) is 6.63. The van der Waals surface area contributed by atoms with E-state index in [4.69, 9.17) is 9.72 Å². The predicted molar refractivity (Wildman–Crippen MR) is 121 cm³/mol. The molecule has 1 aromatic carbocycles. The fourth-order valence-electron chi connectivity index (χ4n) is 3.88. The van der Waals surface area contributed by atoms with Gasteiger partial charge in [0.25, 0.3) is 5.91 Å². The molecule has 31 heavy (non-hydrogen) atoms. The molecule has 0 spiro atoms. The maximum absolute atomic E-state index is 12.9. The molecule has 7 nitrogen and oxygen atoms in total. The third kappa shape index (κ3) is 5.11. The van der Waals surface area contributed by atoms with Crippen molar-refractivity contribution in [1.29, 1.82) is 0 Å². The van der Waals surface area contributed by atoms with Crippen molar-refractivity contribution in [1.82, 2.24) is 25.0 Å². The van der Waals surface area contributed by atoms with Crippen molar-refractivity contribution < 1.29 is 9.53 Å².